The van der Waals surface area contributed by atoms with Crippen molar-refractivity contribution in [3.63, 3.8) is 0 Å². The van der Waals surface area contributed by atoms with Crippen LogP contribution >= 0.6 is 0 Å². The molecule has 5 nitrogen and oxygen atoms in total. The van der Waals surface area contributed by atoms with Crippen molar-refractivity contribution in [2.45, 2.75) is 13.5 Å². The number of esters is 1. The molecule has 0 radical (unpaired) electrons. The molecule has 78 valence electrons. The maximum atomic E-state index is 11.0. The smallest absolute Gasteiger partial charge is 0.309 e. The van der Waals surface area contributed by atoms with Gasteiger partial charge in [-0.2, -0.15) is 0 Å². The van der Waals surface area contributed by atoms with E-state index in [0.29, 0.717) is 13.1 Å². The van der Waals surface area contributed by atoms with Gasteiger partial charge in [-0.15, -0.1) is 0 Å². The van der Waals surface area contributed by atoms with Crippen LogP contribution < -0.4 is 5.32 Å². The lowest BCUT2D eigenvalue weighted by atomic mass is 10.2. The molecule has 1 atom stereocenters. The molecule has 0 bridgehead atoms. The van der Waals surface area contributed by atoms with Crippen molar-refractivity contribution < 1.29 is 14.1 Å². The standard InChI is InChI=1S/C9H14N2O3/c1-7(9(12)13-2)5-10-6-8-3-4-14-11-8/h3-4,7,10H,5-6H2,1-2H3. The molecule has 0 aliphatic carbocycles. The van der Waals surface area contributed by atoms with Gasteiger partial charge in [0.1, 0.15) is 6.26 Å². The lowest BCUT2D eigenvalue weighted by molar-refractivity contribution is -0.144. The molecule has 0 aromatic carbocycles. The average Bonchev–Trinajstić information content (AvgIpc) is 2.69. The molecule has 0 aliphatic rings. The molecule has 1 aromatic rings. The molecule has 0 saturated heterocycles. The van der Waals surface area contributed by atoms with E-state index in [1.807, 2.05) is 6.92 Å². The van der Waals surface area contributed by atoms with Gasteiger partial charge in [0, 0.05) is 19.2 Å². The molecular weight excluding hydrogens is 184 g/mol. The highest BCUT2D eigenvalue weighted by Gasteiger charge is 2.11. The van der Waals surface area contributed by atoms with Crippen molar-refractivity contribution >= 4 is 5.97 Å². The van der Waals surface area contributed by atoms with Gasteiger partial charge in [-0.05, 0) is 0 Å². The quantitative estimate of drug-likeness (QED) is 0.701. The summed E-state index contributed by atoms with van der Waals surface area (Å²) in [6, 6.07) is 1.77. The molecule has 0 spiro atoms. The maximum absolute atomic E-state index is 11.0. The zero-order chi connectivity index (χ0) is 10.4. The highest BCUT2D eigenvalue weighted by atomic mass is 16.5. The van der Waals surface area contributed by atoms with Crippen LogP contribution in [0.25, 0.3) is 0 Å². The van der Waals surface area contributed by atoms with E-state index < -0.39 is 0 Å². The molecule has 14 heavy (non-hydrogen) atoms. The fourth-order valence-electron chi connectivity index (χ4n) is 1.03. The van der Waals surface area contributed by atoms with Crippen molar-refractivity contribution in [3.05, 3.63) is 18.0 Å². The van der Waals surface area contributed by atoms with Crippen LogP contribution in [0.1, 0.15) is 12.6 Å². The Morgan fingerprint density at radius 3 is 3.14 bits per heavy atom. The minimum absolute atomic E-state index is 0.146. The molecule has 0 aliphatic heterocycles. The Bertz CT molecular complexity index is 272. The monoisotopic (exact) mass is 198 g/mol. The number of ether oxygens (including phenoxy) is 1. The largest absolute Gasteiger partial charge is 0.469 e. The Morgan fingerprint density at radius 2 is 2.57 bits per heavy atom. The highest BCUT2D eigenvalue weighted by Crippen LogP contribution is 1.97. The van der Waals surface area contributed by atoms with E-state index in [4.69, 9.17) is 0 Å². The summed E-state index contributed by atoms with van der Waals surface area (Å²) in [5.41, 5.74) is 0.821. The summed E-state index contributed by atoms with van der Waals surface area (Å²) in [4.78, 5) is 11.0. The maximum Gasteiger partial charge on any atom is 0.309 e. The minimum Gasteiger partial charge on any atom is -0.469 e. The SMILES string of the molecule is COC(=O)C(C)CNCc1ccon1. The molecule has 5 heteroatoms. The number of carbonyl (C=O) groups is 1. The van der Waals surface area contributed by atoms with E-state index in [1.54, 1.807) is 6.07 Å². The second kappa shape index (κ2) is 5.39. The zero-order valence-electron chi connectivity index (χ0n) is 8.32. The van der Waals surface area contributed by atoms with Gasteiger partial charge in [-0.3, -0.25) is 4.79 Å². The van der Waals surface area contributed by atoms with Crippen molar-refractivity contribution in [2.75, 3.05) is 13.7 Å². The van der Waals surface area contributed by atoms with Crippen molar-refractivity contribution in [2.24, 2.45) is 5.92 Å². The number of hydrogen-bond donors (Lipinski definition) is 1. The van der Waals surface area contributed by atoms with Crippen LogP contribution in [0, 0.1) is 5.92 Å². The number of nitrogens with zero attached hydrogens (tertiary/aromatic N) is 1. The summed E-state index contributed by atoms with van der Waals surface area (Å²) in [7, 11) is 1.39. The van der Waals surface area contributed by atoms with Crippen LogP contribution in [0.15, 0.2) is 16.9 Å². The van der Waals surface area contributed by atoms with Gasteiger partial charge in [0.15, 0.2) is 0 Å². The Morgan fingerprint density at radius 1 is 1.79 bits per heavy atom. The number of methoxy groups -OCH3 is 1. The Labute approximate surface area is 82.4 Å². The van der Waals surface area contributed by atoms with Gasteiger partial charge in [-0.25, -0.2) is 0 Å². The van der Waals surface area contributed by atoms with Gasteiger partial charge in [0.05, 0.1) is 18.7 Å². The summed E-state index contributed by atoms with van der Waals surface area (Å²) < 4.78 is 9.25. The normalized spacial score (nSPS) is 12.4. The first-order valence-electron chi connectivity index (χ1n) is 4.42. The van der Waals surface area contributed by atoms with E-state index in [-0.39, 0.29) is 11.9 Å². The van der Waals surface area contributed by atoms with E-state index in [1.165, 1.54) is 13.4 Å². The predicted molar refractivity (Wildman–Crippen MR) is 49.4 cm³/mol. The fraction of sp³-hybridized carbons (Fsp3) is 0.556. The third kappa shape index (κ3) is 3.18. The van der Waals surface area contributed by atoms with Gasteiger partial charge in [0.2, 0.25) is 0 Å². The predicted octanol–water partition coefficient (Wildman–Crippen LogP) is 0.573. The van der Waals surface area contributed by atoms with Crippen molar-refractivity contribution in [3.8, 4) is 0 Å². The first-order chi connectivity index (χ1) is 6.74. The van der Waals surface area contributed by atoms with Gasteiger partial charge in [0.25, 0.3) is 0 Å². The van der Waals surface area contributed by atoms with Gasteiger partial charge >= 0.3 is 5.97 Å². The lowest BCUT2D eigenvalue weighted by Gasteiger charge is -2.08. The highest BCUT2D eigenvalue weighted by molar-refractivity contribution is 5.71. The molecular formula is C9H14N2O3. The van der Waals surface area contributed by atoms with E-state index in [9.17, 15) is 4.79 Å². The molecule has 1 unspecified atom stereocenters. The number of aromatic nitrogens is 1. The first kappa shape index (κ1) is 10.7. The van der Waals surface area contributed by atoms with Crippen molar-refractivity contribution in [1.29, 1.82) is 0 Å². The molecule has 0 amide bonds. The zero-order valence-corrected chi connectivity index (χ0v) is 8.32. The second-order valence-corrected chi connectivity index (χ2v) is 3.05. The molecule has 0 fully saturated rings. The number of rotatable bonds is 5. The van der Waals surface area contributed by atoms with Gasteiger partial charge < -0.3 is 14.6 Å². The van der Waals surface area contributed by atoms with Crippen LogP contribution in [0.3, 0.4) is 0 Å². The molecule has 0 saturated carbocycles. The molecule has 1 heterocycles. The Hall–Kier alpha value is -1.36. The number of carbonyl (C=O) groups excluding carboxylic acids is 1. The van der Waals surface area contributed by atoms with Crippen LogP contribution in [0.5, 0.6) is 0 Å². The van der Waals surface area contributed by atoms with Crippen LogP contribution in [0.4, 0.5) is 0 Å². The second-order valence-electron chi connectivity index (χ2n) is 3.05. The third-order valence-corrected chi connectivity index (χ3v) is 1.85. The molecule has 1 N–H and O–H groups in total. The molecule has 1 aromatic heterocycles. The first-order valence-corrected chi connectivity index (χ1v) is 4.42. The van der Waals surface area contributed by atoms with E-state index >= 15 is 0 Å². The third-order valence-electron chi connectivity index (χ3n) is 1.85. The van der Waals surface area contributed by atoms with Crippen LogP contribution in [-0.2, 0) is 16.1 Å². The van der Waals surface area contributed by atoms with E-state index in [2.05, 4.69) is 19.7 Å². The molecule has 1 rings (SSSR count). The Kier molecular flexibility index (Phi) is 4.12. The number of nitrogens with one attached hydrogen (secondary N) is 1. The lowest BCUT2D eigenvalue weighted by Crippen LogP contribution is -2.27. The van der Waals surface area contributed by atoms with Gasteiger partial charge in [-0.1, -0.05) is 12.1 Å². The fourth-order valence-corrected chi connectivity index (χ4v) is 1.03. The summed E-state index contributed by atoms with van der Waals surface area (Å²) >= 11 is 0. The van der Waals surface area contributed by atoms with Crippen molar-refractivity contribution in [1.82, 2.24) is 10.5 Å². The topological polar surface area (TPSA) is 64.4 Å². The van der Waals surface area contributed by atoms with Crippen LogP contribution in [-0.4, -0.2) is 24.8 Å². The van der Waals surface area contributed by atoms with Crippen LogP contribution in [0.2, 0.25) is 0 Å². The average molecular weight is 198 g/mol. The number of hydrogen-bond acceptors (Lipinski definition) is 5. The minimum atomic E-state index is -0.211. The summed E-state index contributed by atoms with van der Waals surface area (Å²) in [6.07, 6.45) is 1.51. The van der Waals surface area contributed by atoms with E-state index in [0.717, 1.165) is 5.69 Å². The Balaban J connectivity index is 2.18. The summed E-state index contributed by atoms with van der Waals surface area (Å²) in [6.45, 7) is 2.97. The summed E-state index contributed by atoms with van der Waals surface area (Å²) in [5, 5.41) is 6.80. The summed E-state index contributed by atoms with van der Waals surface area (Å²) in [5.74, 6) is -0.357.